The standard InChI is InChI=1S/C12H20N2O/c1-5-12(8-9-13)10(2)6-7-11(3)15-14-4/h5,7-10,13-14H,1,6H2,2-4H3/b11-7+,12-8+,13-9?. The van der Waals surface area contributed by atoms with Crippen LogP contribution in [0.1, 0.15) is 20.3 Å². The van der Waals surface area contributed by atoms with Crippen molar-refractivity contribution in [1.29, 1.82) is 5.41 Å². The topological polar surface area (TPSA) is 45.1 Å². The Balaban J connectivity index is 4.28. The SMILES string of the molecule is C=C/C(=C\C=N)C(C)C/C=C(\C)ONC. The van der Waals surface area contributed by atoms with Crippen molar-refractivity contribution in [2.75, 3.05) is 7.05 Å². The normalized spacial score (nSPS) is 14.6. The summed E-state index contributed by atoms with van der Waals surface area (Å²) in [6.07, 6.45) is 7.73. The number of hydrogen-bond donors (Lipinski definition) is 2. The molecule has 0 aliphatic rings. The van der Waals surface area contributed by atoms with E-state index in [1.807, 2.05) is 13.0 Å². The molecule has 15 heavy (non-hydrogen) atoms. The average molecular weight is 208 g/mol. The van der Waals surface area contributed by atoms with Crippen molar-refractivity contribution in [3.05, 3.63) is 36.1 Å². The second-order valence-corrected chi connectivity index (χ2v) is 3.30. The van der Waals surface area contributed by atoms with Gasteiger partial charge in [0.1, 0.15) is 5.76 Å². The van der Waals surface area contributed by atoms with E-state index in [4.69, 9.17) is 10.2 Å². The van der Waals surface area contributed by atoms with E-state index in [2.05, 4.69) is 19.0 Å². The summed E-state index contributed by atoms with van der Waals surface area (Å²) >= 11 is 0. The molecule has 0 aromatic carbocycles. The Hall–Kier alpha value is -1.35. The Morgan fingerprint density at radius 2 is 2.27 bits per heavy atom. The average Bonchev–Trinajstić information content (AvgIpc) is 2.23. The smallest absolute Gasteiger partial charge is 0.117 e. The molecule has 0 aliphatic carbocycles. The minimum atomic E-state index is 0.347. The Kier molecular flexibility index (Phi) is 7.28. The first-order valence-electron chi connectivity index (χ1n) is 4.99. The van der Waals surface area contributed by atoms with Crippen LogP contribution in [0.25, 0.3) is 0 Å². The molecule has 84 valence electrons. The molecule has 1 unspecified atom stereocenters. The number of allylic oxidation sites excluding steroid dienone is 5. The summed E-state index contributed by atoms with van der Waals surface area (Å²) in [6.45, 7) is 7.73. The second kappa shape index (κ2) is 8.00. The van der Waals surface area contributed by atoms with Crippen molar-refractivity contribution in [2.45, 2.75) is 20.3 Å². The van der Waals surface area contributed by atoms with Crippen molar-refractivity contribution < 1.29 is 4.84 Å². The molecule has 0 aliphatic heterocycles. The van der Waals surface area contributed by atoms with Crippen LogP contribution >= 0.6 is 0 Å². The number of hydroxylamine groups is 1. The fourth-order valence-corrected chi connectivity index (χ4v) is 1.21. The lowest BCUT2D eigenvalue weighted by molar-refractivity contribution is 0.127. The molecule has 0 rings (SSSR count). The first kappa shape index (κ1) is 13.7. The Morgan fingerprint density at radius 1 is 1.60 bits per heavy atom. The lowest BCUT2D eigenvalue weighted by atomic mass is 9.97. The van der Waals surface area contributed by atoms with Gasteiger partial charge in [0.25, 0.3) is 0 Å². The zero-order valence-corrected chi connectivity index (χ0v) is 9.71. The third-order valence-electron chi connectivity index (χ3n) is 2.10. The first-order chi connectivity index (χ1) is 7.15. The molecule has 0 saturated carbocycles. The Labute approximate surface area is 92.0 Å². The molecule has 0 spiro atoms. The Bertz CT molecular complexity index is 267. The van der Waals surface area contributed by atoms with Gasteiger partial charge in [0.2, 0.25) is 0 Å². The highest BCUT2D eigenvalue weighted by Gasteiger charge is 2.03. The maximum atomic E-state index is 7.01. The molecule has 0 radical (unpaired) electrons. The van der Waals surface area contributed by atoms with Gasteiger partial charge >= 0.3 is 0 Å². The van der Waals surface area contributed by atoms with Crippen molar-refractivity contribution in [2.24, 2.45) is 5.92 Å². The van der Waals surface area contributed by atoms with Crippen LogP contribution in [-0.2, 0) is 4.84 Å². The fraction of sp³-hybridized carbons (Fsp3) is 0.417. The summed E-state index contributed by atoms with van der Waals surface area (Å²) < 4.78 is 0. The molecule has 2 N–H and O–H groups in total. The molecule has 0 aromatic heterocycles. The van der Waals surface area contributed by atoms with E-state index in [-0.39, 0.29) is 0 Å². The first-order valence-corrected chi connectivity index (χ1v) is 4.99. The predicted octanol–water partition coefficient (Wildman–Crippen LogP) is 2.83. The third-order valence-corrected chi connectivity index (χ3v) is 2.10. The zero-order chi connectivity index (χ0) is 11.7. The number of hydrogen-bond acceptors (Lipinski definition) is 3. The largest absolute Gasteiger partial charge is 0.414 e. The van der Waals surface area contributed by atoms with Gasteiger partial charge in [-0.05, 0) is 37.0 Å². The third kappa shape index (κ3) is 5.86. The molecule has 0 aromatic rings. The van der Waals surface area contributed by atoms with Crippen LogP contribution in [0.4, 0.5) is 0 Å². The van der Waals surface area contributed by atoms with Gasteiger partial charge < -0.3 is 10.2 Å². The molecular formula is C12H20N2O. The predicted molar refractivity (Wildman–Crippen MR) is 64.7 cm³/mol. The maximum Gasteiger partial charge on any atom is 0.117 e. The molecule has 3 nitrogen and oxygen atoms in total. The summed E-state index contributed by atoms with van der Waals surface area (Å²) in [4.78, 5) is 5.09. The van der Waals surface area contributed by atoms with Gasteiger partial charge in [-0.25, -0.2) is 0 Å². The van der Waals surface area contributed by atoms with Gasteiger partial charge in [-0.1, -0.05) is 19.6 Å². The van der Waals surface area contributed by atoms with Crippen LogP contribution < -0.4 is 5.48 Å². The quantitative estimate of drug-likeness (QED) is 0.292. The summed E-state index contributed by atoms with van der Waals surface area (Å²) in [6, 6.07) is 0. The highest BCUT2D eigenvalue weighted by atomic mass is 16.6. The minimum absolute atomic E-state index is 0.347. The summed E-state index contributed by atoms with van der Waals surface area (Å²) in [7, 11) is 1.73. The van der Waals surface area contributed by atoms with Gasteiger partial charge in [-0.15, -0.1) is 0 Å². The molecule has 3 heteroatoms. The van der Waals surface area contributed by atoms with Gasteiger partial charge in [0.05, 0.1) is 0 Å². The number of nitrogens with one attached hydrogen (secondary N) is 2. The van der Waals surface area contributed by atoms with Crippen LogP contribution in [-0.4, -0.2) is 13.3 Å². The highest BCUT2D eigenvalue weighted by Crippen LogP contribution is 2.16. The van der Waals surface area contributed by atoms with E-state index in [0.717, 1.165) is 17.8 Å². The van der Waals surface area contributed by atoms with Crippen molar-refractivity contribution in [1.82, 2.24) is 5.48 Å². The highest BCUT2D eigenvalue weighted by molar-refractivity contribution is 5.69. The number of rotatable bonds is 7. The van der Waals surface area contributed by atoms with E-state index >= 15 is 0 Å². The van der Waals surface area contributed by atoms with Crippen LogP contribution in [0, 0.1) is 11.3 Å². The van der Waals surface area contributed by atoms with Gasteiger partial charge in [0.15, 0.2) is 0 Å². The summed E-state index contributed by atoms with van der Waals surface area (Å²) in [5, 5.41) is 7.01. The minimum Gasteiger partial charge on any atom is -0.414 e. The van der Waals surface area contributed by atoms with Gasteiger partial charge in [0, 0.05) is 13.3 Å². The lowest BCUT2D eigenvalue weighted by Gasteiger charge is -2.10. The van der Waals surface area contributed by atoms with E-state index < -0.39 is 0 Å². The zero-order valence-electron chi connectivity index (χ0n) is 9.71. The molecular weight excluding hydrogens is 188 g/mol. The van der Waals surface area contributed by atoms with E-state index in [1.54, 1.807) is 19.2 Å². The van der Waals surface area contributed by atoms with E-state index in [9.17, 15) is 0 Å². The van der Waals surface area contributed by atoms with Gasteiger partial charge in [-0.2, -0.15) is 5.48 Å². The van der Waals surface area contributed by atoms with E-state index in [1.165, 1.54) is 6.21 Å². The molecule has 0 saturated heterocycles. The van der Waals surface area contributed by atoms with Crippen molar-refractivity contribution in [3.8, 4) is 0 Å². The maximum absolute atomic E-state index is 7.01. The Morgan fingerprint density at radius 3 is 2.73 bits per heavy atom. The van der Waals surface area contributed by atoms with Gasteiger partial charge in [-0.3, -0.25) is 0 Å². The van der Waals surface area contributed by atoms with E-state index in [0.29, 0.717) is 5.92 Å². The van der Waals surface area contributed by atoms with Crippen LogP contribution in [0.3, 0.4) is 0 Å². The summed E-state index contributed by atoms with van der Waals surface area (Å²) in [5.74, 6) is 1.20. The summed E-state index contributed by atoms with van der Waals surface area (Å²) in [5.41, 5.74) is 3.69. The molecule has 0 fully saturated rings. The molecule has 0 amide bonds. The molecule has 0 bridgehead atoms. The lowest BCUT2D eigenvalue weighted by Crippen LogP contribution is -2.05. The van der Waals surface area contributed by atoms with Crippen LogP contribution in [0.15, 0.2) is 36.1 Å². The fourth-order valence-electron chi connectivity index (χ4n) is 1.21. The monoisotopic (exact) mass is 208 g/mol. The molecule has 0 heterocycles. The van der Waals surface area contributed by atoms with Crippen LogP contribution in [0.2, 0.25) is 0 Å². The second-order valence-electron chi connectivity index (χ2n) is 3.30. The van der Waals surface area contributed by atoms with Crippen molar-refractivity contribution in [3.63, 3.8) is 0 Å². The van der Waals surface area contributed by atoms with Crippen LogP contribution in [0.5, 0.6) is 0 Å². The molecule has 1 atom stereocenters. The van der Waals surface area contributed by atoms with Crippen molar-refractivity contribution >= 4 is 6.21 Å².